The molecule has 1 N–H and O–H groups in total. The number of rotatable bonds is 6. The third-order valence-corrected chi connectivity index (χ3v) is 5.19. The fourth-order valence-corrected chi connectivity index (χ4v) is 3.81. The van der Waals surface area contributed by atoms with E-state index in [0.29, 0.717) is 0 Å². The van der Waals surface area contributed by atoms with Gasteiger partial charge in [-0.2, -0.15) is 10.2 Å². The van der Waals surface area contributed by atoms with Crippen molar-refractivity contribution in [1.82, 2.24) is 39.4 Å². The Hall–Kier alpha value is -3.26. The Morgan fingerprint density at radius 1 is 1.18 bits per heavy atom. The molecule has 0 amide bonds. The Morgan fingerprint density at radius 3 is 2.93 bits per heavy atom. The second-order valence-electron chi connectivity index (χ2n) is 6.95. The largest absolute Gasteiger partial charge is 0.322 e. The van der Waals surface area contributed by atoms with Crippen molar-refractivity contribution in [2.24, 2.45) is 0 Å². The summed E-state index contributed by atoms with van der Waals surface area (Å²) in [5.41, 5.74) is 3.37. The van der Waals surface area contributed by atoms with Crippen LogP contribution in [0.3, 0.4) is 0 Å². The minimum absolute atomic E-state index is 0.139. The molecule has 0 saturated heterocycles. The van der Waals surface area contributed by atoms with Crippen LogP contribution in [0.25, 0.3) is 11.5 Å². The highest BCUT2D eigenvalue weighted by atomic mass is 15.3. The summed E-state index contributed by atoms with van der Waals surface area (Å²) in [7, 11) is 0. The van der Waals surface area contributed by atoms with Gasteiger partial charge < -0.3 is 9.88 Å². The van der Waals surface area contributed by atoms with Crippen LogP contribution in [0.5, 0.6) is 0 Å². The molecule has 3 aromatic heterocycles. The van der Waals surface area contributed by atoms with E-state index in [0.717, 1.165) is 44.1 Å². The molecule has 0 fully saturated rings. The number of hydrogen-bond acceptors (Lipinski definition) is 5. The maximum absolute atomic E-state index is 4.81. The molecule has 28 heavy (non-hydrogen) atoms. The minimum Gasteiger partial charge on any atom is -0.322 e. The minimum atomic E-state index is 0.139. The van der Waals surface area contributed by atoms with Crippen molar-refractivity contribution in [3.63, 3.8) is 0 Å². The Labute approximate surface area is 162 Å². The van der Waals surface area contributed by atoms with Crippen molar-refractivity contribution in [2.45, 2.75) is 32.1 Å². The predicted octanol–water partition coefficient (Wildman–Crippen LogP) is 2.12. The molecule has 0 spiro atoms. The molecule has 5 rings (SSSR count). The summed E-state index contributed by atoms with van der Waals surface area (Å²) in [5, 5.41) is 12.4. The molecule has 142 valence electrons. The van der Waals surface area contributed by atoms with Gasteiger partial charge in [0.05, 0.1) is 18.3 Å². The lowest BCUT2D eigenvalue weighted by atomic mass is 10.0. The third-order valence-electron chi connectivity index (χ3n) is 5.19. The van der Waals surface area contributed by atoms with Gasteiger partial charge in [-0.25, -0.2) is 9.97 Å². The van der Waals surface area contributed by atoms with E-state index >= 15 is 0 Å². The van der Waals surface area contributed by atoms with Crippen molar-refractivity contribution in [3.05, 3.63) is 72.7 Å². The number of aryl methyl sites for hydroxylation is 1. The van der Waals surface area contributed by atoms with Gasteiger partial charge in [-0.3, -0.25) is 9.36 Å². The highest BCUT2D eigenvalue weighted by Crippen LogP contribution is 2.28. The Bertz CT molecular complexity index is 1010. The van der Waals surface area contributed by atoms with Gasteiger partial charge in [0.1, 0.15) is 18.3 Å². The Balaban J connectivity index is 1.51. The summed E-state index contributed by atoms with van der Waals surface area (Å²) in [4.78, 5) is 8.71. The van der Waals surface area contributed by atoms with Crippen molar-refractivity contribution in [2.75, 3.05) is 6.54 Å². The maximum atomic E-state index is 4.81. The maximum Gasteiger partial charge on any atom is 0.161 e. The number of hydrogen-bond donors (Lipinski definition) is 1. The molecule has 0 aliphatic carbocycles. The van der Waals surface area contributed by atoms with Crippen LogP contribution >= 0.6 is 0 Å². The van der Waals surface area contributed by atoms with Gasteiger partial charge in [0.15, 0.2) is 5.82 Å². The van der Waals surface area contributed by atoms with Crippen LogP contribution in [-0.2, 0) is 19.6 Å². The number of imidazole rings is 1. The van der Waals surface area contributed by atoms with Crippen molar-refractivity contribution >= 4 is 0 Å². The lowest BCUT2D eigenvalue weighted by molar-refractivity contribution is 0.468. The summed E-state index contributed by atoms with van der Waals surface area (Å²) < 4.78 is 6.18. The number of aromatic nitrogens is 7. The molecule has 0 saturated carbocycles. The molecule has 1 aliphatic heterocycles. The van der Waals surface area contributed by atoms with Crippen LogP contribution < -0.4 is 5.32 Å². The van der Waals surface area contributed by atoms with Crippen LogP contribution in [0.1, 0.15) is 23.7 Å². The second kappa shape index (κ2) is 7.40. The fourth-order valence-electron chi connectivity index (χ4n) is 3.81. The molecular weight excluding hydrogens is 352 g/mol. The predicted molar refractivity (Wildman–Crippen MR) is 104 cm³/mol. The zero-order chi connectivity index (χ0) is 18.8. The summed E-state index contributed by atoms with van der Waals surface area (Å²) in [6, 6.07) is 12.8. The van der Waals surface area contributed by atoms with Crippen molar-refractivity contribution in [3.8, 4) is 11.5 Å². The molecule has 4 aromatic rings. The molecule has 4 heterocycles. The number of fused-ring (bicyclic) bond motifs is 1. The molecule has 8 nitrogen and oxygen atoms in total. The van der Waals surface area contributed by atoms with Gasteiger partial charge in [0.2, 0.25) is 0 Å². The standard InChI is InChI=1S/C20H22N8/c1-2-4-16(5-3-1)19(6-9-26-15-22-14-24-26)27-10-8-23-20(27)18-12-17-13-21-7-11-28(17)25-18/h1-5,8,10,12,14-15,19,21H,6-7,9,11,13H2/t19-/m1/s1. The molecule has 0 radical (unpaired) electrons. The number of nitrogens with one attached hydrogen (secondary N) is 1. The second-order valence-corrected chi connectivity index (χ2v) is 6.95. The first-order valence-electron chi connectivity index (χ1n) is 9.56. The molecule has 1 aliphatic rings. The monoisotopic (exact) mass is 374 g/mol. The molecule has 8 heteroatoms. The van der Waals surface area contributed by atoms with E-state index in [9.17, 15) is 0 Å². The van der Waals surface area contributed by atoms with Crippen molar-refractivity contribution in [1.29, 1.82) is 0 Å². The van der Waals surface area contributed by atoms with Crippen LogP contribution in [0.15, 0.2) is 61.4 Å². The quantitative estimate of drug-likeness (QED) is 0.559. The number of nitrogens with zero attached hydrogens (tertiary/aromatic N) is 7. The highest BCUT2D eigenvalue weighted by molar-refractivity contribution is 5.51. The van der Waals surface area contributed by atoms with Crippen LogP contribution in [-0.4, -0.2) is 40.6 Å². The smallest absolute Gasteiger partial charge is 0.161 e. The SMILES string of the molecule is c1ccc([C@@H](CCn2cncn2)n2ccnc2-c2cc3n(n2)CCNC3)cc1. The van der Waals surface area contributed by atoms with E-state index in [4.69, 9.17) is 5.10 Å². The Morgan fingerprint density at radius 2 is 2.11 bits per heavy atom. The highest BCUT2D eigenvalue weighted by Gasteiger charge is 2.21. The van der Waals surface area contributed by atoms with Crippen LogP contribution in [0.2, 0.25) is 0 Å². The van der Waals surface area contributed by atoms with E-state index in [1.165, 1.54) is 11.3 Å². The van der Waals surface area contributed by atoms with E-state index < -0.39 is 0 Å². The number of benzene rings is 1. The first-order chi connectivity index (χ1) is 13.9. The first-order valence-corrected chi connectivity index (χ1v) is 9.56. The van der Waals surface area contributed by atoms with Gasteiger partial charge in [-0.15, -0.1) is 0 Å². The average molecular weight is 374 g/mol. The van der Waals surface area contributed by atoms with Gasteiger partial charge >= 0.3 is 0 Å². The van der Waals surface area contributed by atoms with Crippen molar-refractivity contribution < 1.29 is 0 Å². The van der Waals surface area contributed by atoms with Gasteiger partial charge in [0, 0.05) is 32.0 Å². The van der Waals surface area contributed by atoms with Crippen LogP contribution in [0, 0.1) is 0 Å². The molecule has 0 bridgehead atoms. The van der Waals surface area contributed by atoms with E-state index in [2.05, 4.69) is 60.0 Å². The topological polar surface area (TPSA) is 78.4 Å². The van der Waals surface area contributed by atoms with E-state index in [1.54, 1.807) is 12.7 Å². The molecule has 0 unspecified atom stereocenters. The zero-order valence-corrected chi connectivity index (χ0v) is 15.5. The Kier molecular flexibility index (Phi) is 4.46. The molecule has 1 atom stereocenters. The normalized spacial score (nSPS) is 14.7. The molecule has 1 aromatic carbocycles. The fraction of sp³-hybridized carbons (Fsp3) is 0.300. The van der Waals surface area contributed by atoms with Gasteiger partial charge in [-0.05, 0) is 18.1 Å². The zero-order valence-electron chi connectivity index (χ0n) is 15.5. The third kappa shape index (κ3) is 3.22. The average Bonchev–Trinajstić information content (AvgIpc) is 3.49. The summed E-state index contributed by atoms with van der Waals surface area (Å²) in [6.45, 7) is 3.47. The summed E-state index contributed by atoms with van der Waals surface area (Å²) in [5.74, 6) is 0.898. The van der Waals surface area contributed by atoms with E-state index in [-0.39, 0.29) is 6.04 Å². The van der Waals surface area contributed by atoms with Crippen LogP contribution in [0.4, 0.5) is 0 Å². The van der Waals surface area contributed by atoms with E-state index in [1.807, 2.05) is 23.1 Å². The lowest BCUT2D eigenvalue weighted by Gasteiger charge is -2.21. The van der Waals surface area contributed by atoms with Gasteiger partial charge in [-0.1, -0.05) is 30.3 Å². The molecular formula is C20H22N8. The first kappa shape index (κ1) is 16.9. The summed E-state index contributed by atoms with van der Waals surface area (Å²) >= 11 is 0. The van der Waals surface area contributed by atoms with Gasteiger partial charge in [0.25, 0.3) is 0 Å². The summed E-state index contributed by atoms with van der Waals surface area (Å²) in [6.07, 6.45) is 8.12. The lowest BCUT2D eigenvalue weighted by Crippen LogP contribution is -2.28.